The second-order valence-corrected chi connectivity index (χ2v) is 10.4. The Labute approximate surface area is 141 Å². The van der Waals surface area contributed by atoms with Crippen molar-refractivity contribution in [1.82, 2.24) is 0 Å². The summed E-state index contributed by atoms with van der Waals surface area (Å²) in [6.45, 7) is 8.39. The van der Waals surface area contributed by atoms with Crippen molar-refractivity contribution >= 4 is 41.8 Å². The minimum absolute atomic E-state index is 0.263. The zero-order valence-electron chi connectivity index (χ0n) is 13.3. The van der Waals surface area contributed by atoms with Crippen LogP contribution in [-0.2, 0) is 18.6 Å². The van der Waals surface area contributed by atoms with Crippen molar-refractivity contribution < 1.29 is 18.6 Å². The molecule has 0 aliphatic carbocycles. The van der Waals surface area contributed by atoms with Gasteiger partial charge in [0.2, 0.25) is 0 Å². The van der Waals surface area contributed by atoms with Crippen LogP contribution in [-0.4, -0.2) is 21.7 Å². The summed E-state index contributed by atoms with van der Waals surface area (Å²) in [5.41, 5.74) is -0.814. The quantitative estimate of drug-likeness (QED) is 0.437. The lowest BCUT2D eigenvalue weighted by Gasteiger charge is -2.32. The van der Waals surface area contributed by atoms with Crippen LogP contribution in [0.25, 0.3) is 0 Å². The highest BCUT2D eigenvalue weighted by Gasteiger charge is 2.56. The van der Waals surface area contributed by atoms with Crippen molar-refractivity contribution in [3.63, 3.8) is 0 Å². The molecule has 0 saturated heterocycles. The molecule has 4 nitrogen and oxygen atoms in total. The maximum atomic E-state index is 13.4. The van der Waals surface area contributed by atoms with E-state index < -0.39 is 29.1 Å². The summed E-state index contributed by atoms with van der Waals surface area (Å²) in [6, 6.07) is 8.22. The van der Waals surface area contributed by atoms with Gasteiger partial charge in [-0.2, -0.15) is 0 Å². The molecule has 0 spiro atoms. The van der Waals surface area contributed by atoms with E-state index in [0.717, 1.165) is 0 Å². The molecule has 0 heterocycles. The summed E-state index contributed by atoms with van der Waals surface area (Å²) in [5.74, 6) is -0.990. The third-order valence-corrected chi connectivity index (χ3v) is 6.73. The van der Waals surface area contributed by atoms with Crippen molar-refractivity contribution in [1.29, 1.82) is 0 Å². The number of carbonyl (C=O) groups excluding carboxylic acids is 1. The highest BCUT2D eigenvalue weighted by molar-refractivity contribution is 7.73. The lowest BCUT2D eigenvalue weighted by Crippen LogP contribution is -2.38. The Hall–Kier alpha value is -0.540. The molecule has 0 radical (unpaired) electrons. The Kier molecular flexibility index (Phi) is 6.14. The number of alkyl halides is 2. The maximum absolute atomic E-state index is 13.4. The van der Waals surface area contributed by atoms with Crippen molar-refractivity contribution in [2.75, 3.05) is 0 Å². The first kappa shape index (κ1) is 19.5. The van der Waals surface area contributed by atoms with E-state index in [-0.39, 0.29) is 5.30 Å². The van der Waals surface area contributed by atoms with Gasteiger partial charge < -0.3 is 9.26 Å². The Bertz CT molecular complexity index is 565. The lowest BCUT2D eigenvalue weighted by atomic mass is 10.2. The lowest BCUT2D eigenvalue weighted by molar-refractivity contribution is -0.153. The smallest absolute Gasteiger partial charge is 0.353 e. The molecule has 0 bridgehead atoms. The number of benzene rings is 1. The van der Waals surface area contributed by atoms with Crippen LogP contribution >= 0.6 is 30.6 Å². The first-order chi connectivity index (χ1) is 9.90. The number of hydrogen-bond acceptors (Lipinski definition) is 4. The largest absolute Gasteiger partial charge is 0.457 e. The second kappa shape index (κ2) is 6.92. The Morgan fingerprint density at radius 2 is 1.64 bits per heavy atom. The fourth-order valence-electron chi connectivity index (χ4n) is 1.67. The molecule has 0 fully saturated rings. The Morgan fingerprint density at radius 3 is 2.05 bits per heavy atom. The minimum Gasteiger partial charge on any atom is -0.457 e. The number of esters is 1. The normalized spacial score (nSPS) is 15.5. The van der Waals surface area contributed by atoms with Gasteiger partial charge in [0.15, 0.2) is 0 Å². The van der Waals surface area contributed by atoms with E-state index >= 15 is 0 Å². The number of halogens is 2. The fraction of sp³-hybridized carbons (Fsp3) is 0.533. The number of rotatable bonds is 5. The predicted molar refractivity (Wildman–Crippen MR) is 90.2 cm³/mol. The summed E-state index contributed by atoms with van der Waals surface area (Å²) in [5, 5.41) is 0.263. The van der Waals surface area contributed by atoms with Crippen LogP contribution in [0.4, 0.5) is 0 Å². The van der Waals surface area contributed by atoms with Crippen molar-refractivity contribution in [2.24, 2.45) is 0 Å². The molecule has 0 N–H and O–H groups in total. The molecule has 1 rings (SSSR count). The summed E-state index contributed by atoms with van der Waals surface area (Å²) >= 11 is 12.4. The van der Waals surface area contributed by atoms with Gasteiger partial charge in [0.1, 0.15) is 5.60 Å². The van der Waals surface area contributed by atoms with E-state index in [0.29, 0.717) is 0 Å². The van der Waals surface area contributed by atoms with E-state index in [2.05, 4.69) is 0 Å². The van der Waals surface area contributed by atoms with Gasteiger partial charge in [-0.15, -0.1) is 0 Å². The van der Waals surface area contributed by atoms with E-state index in [1.165, 1.54) is 0 Å². The van der Waals surface area contributed by atoms with E-state index in [9.17, 15) is 9.36 Å². The van der Waals surface area contributed by atoms with Crippen LogP contribution in [0.3, 0.4) is 0 Å². The average molecular weight is 367 g/mol. The van der Waals surface area contributed by atoms with Gasteiger partial charge in [-0.25, -0.2) is 4.79 Å². The summed E-state index contributed by atoms with van der Waals surface area (Å²) in [7, 11) is -3.92. The molecule has 7 heteroatoms. The van der Waals surface area contributed by atoms with Crippen LogP contribution in [0, 0.1) is 0 Å². The molecule has 0 amide bonds. The number of ether oxygens (including phenoxy) is 1. The molecule has 1 atom stereocenters. The van der Waals surface area contributed by atoms with Gasteiger partial charge in [-0.1, -0.05) is 41.4 Å². The first-order valence-electron chi connectivity index (χ1n) is 6.85. The van der Waals surface area contributed by atoms with Crippen LogP contribution in [0.15, 0.2) is 30.3 Å². The second-order valence-electron chi connectivity index (χ2n) is 6.08. The third kappa shape index (κ3) is 4.48. The predicted octanol–water partition coefficient (Wildman–Crippen LogP) is 4.49. The van der Waals surface area contributed by atoms with Gasteiger partial charge in [0.25, 0.3) is 11.4 Å². The highest BCUT2D eigenvalue weighted by Crippen LogP contribution is 2.64. The van der Waals surface area contributed by atoms with E-state index in [1.54, 1.807) is 65.0 Å². The van der Waals surface area contributed by atoms with Crippen LogP contribution < -0.4 is 5.30 Å². The van der Waals surface area contributed by atoms with Gasteiger partial charge >= 0.3 is 5.97 Å². The molecule has 0 aliphatic rings. The maximum Gasteiger partial charge on any atom is 0.353 e. The molecular formula is C15H21Cl2O4P. The molecule has 1 aromatic rings. The molecule has 22 heavy (non-hydrogen) atoms. The van der Waals surface area contributed by atoms with E-state index in [4.69, 9.17) is 32.5 Å². The fourth-order valence-corrected chi connectivity index (χ4v) is 4.59. The molecule has 0 aromatic heterocycles. The van der Waals surface area contributed by atoms with Gasteiger partial charge in [-0.05, 0) is 46.8 Å². The van der Waals surface area contributed by atoms with Gasteiger partial charge in [0.05, 0.1) is 6.10 Å². The molecule has 0 saturated carbocycles. The van der Waals surface area contributed by atoms with Crippen molar-refractivity contribution in [3.05, 3.63) is 30.3 Å². The Morgan fingerprint density at radius 1 is 1.14 bits per heavy atom. The first-order valence-corrected chi connectivity index (χ1v) is 9.23. The molecule has 0 aliphatic heterocycles. The summed E-state index contributed by atoms with van der Waals surface area (Å²) in [6.07, 6.45) is -0.439. The minimum atomic E-state index is -3.92. The monoisotopic (exact) mass is 366 g/mol. The molecular weight excluding hydrogens is 346 g/mol. The number of carbonyl (C=O) groups is 1. The zero-order chi connectivity index (χ0) is 17.2. The Balaban J connectivity index is 3.32. The average Bonchev–Trinajstić information content (AvgIpc) is 2.36. The third-order valence-electron chi connectivity index (χ3n) is 2.47. The summed E-state index contributed by atoms with van der Waals surface area (Å²) in [4.78, 5) is 12.3. The van der Waals surface area contributed by atoms with Gasteiger partial charge in [0, 0.05) is 5.30 Å². The number of hydrogen-bond donors (Lipinski definition) is 0. The van der Waals surface area contributed by atoms with Crippen LogP contribution in [0.5, 0.6) is 0 Å². The zero-order valence-corrected chi connectivity index (χ0v) is 15.7. The molecule has 124 valence electrons. The van der Waals surface area contributed by atoms with E-state index in [1.807, 2.05) is 0 Å². The van der Waals surface area contributed by atoms with Gasteiger partial charge in [-0.3, -0.25) is 4.57 Å². The topological polar surface area (TPSA) is 52.6 Å². The van der Waals surface area contributed by atoms with Crippen molar-refractivity contribution in [2.45, 2.75) is 50.4 Å². The van der Waals surface area contributed by atoms with Crippen molar-refractivity contribution in [3.8, 4) is 0 Å². The summed E-state index contributed by atoms with van der Waals surface area (Å²) < 4.78 is 21.8. The SMILES string of the molecule is CC(C)OP(=O)(c1ccccc1)C(Cl)(Cl)C(=O)OC(C)(C)C. The van der Waals surface area contributed by atoms with Crippen LogP contribution in [0.2, 0.25) is 0 Å². The molecule has 1 aromatic carbocycles. The van der Waals surface area contributed by atoms with Crippen LogP contribution in [0.1, 0.15) is 34.6 Å². The molecule has 1 unspecified atom stereocenters. The highest BCUT2D eigenvalue weighted by atomic mass is 35.5. The standard InChI is InChI=1S/C15H21Cl2O4P/c1-11(2)21-22(19,12-9-7-6-8-10-12)15(16,17)13(18)20-14(3,4)5/h6-11H,1-5H3.